The number of hydrogen-bond donors (Lipinski definition) is 1. The van der Waals surface area contributed by atoms with Gasteiger partial charge in [0.25, 0.3) is 5.22 Å². The van der Waals surface area contributed by atoms with Crippen molar-refractivity contribution in [1.29, 1.82) is 0 Å². The fourth-order valence-electron chi connectivity index (χ4n) is 1.69. The number of carbonyl (C=O) groups excluding carboxylic acids is 1. The molecule has 1 aliphatic rings. The van der Waals surface area contributed by atoms with Crippen molar-refractivity contribution < 1.29 is 9.21 Å². The molecule has 1 amide bonds. The fourth-order valence-corrected chi connectivity index (χ4v) is 2.76. The number of aromatic nitrogens is 2. The Hall–Kier alpha value is -1.24. The highest BCUT2D eigenvalue weighted by Crippen LogP contribution is 2.39. The van der Waals surface area contributed by atoms with E-state index in [-0.39, 0.29) is 11.7 Å². The Morgan fingerprint density at radius 1 is 1.33 bits per heavy atom. The van der Waals surface area contributed by atoms with Crippen molar-refractivity contribution in [3.05, 3.63) is 34.1 Å². The molecule has 8 heteroatoms. The number of anilines is 1. The lowest BCUT2D eigenvalue weighted by molar-refractivity contribution is -0.113. The summed E-state index contributed by atoms with van der Waals surface area (Å²) in [5.41, 5.74) is 0.413. The molecule has 3 rings (SSSR count). The summed E-state index contributed by atoms with van der Waals surface area (Å²) in [4.78, 5) is 11.9. The minimum atomic E-state index is -0.235. The van der Waals surface area contributed by atoms with Crippen molar-refractivity contribution in [1.82, 2.24) is 10.2 Å². The van der Waals surface area contributed by atoms with E-state index < -0.39 is 0 Å². The largest absolute Gasteiger partial charge is 0.416 e. The third-order valence-electron chi connectivity index (χ3n) is 2.90. The van der Waals surface area contributed by atoms with Gasteiger partial charge in [-0.05, 0) is 25.0 Å². The van der Waals surface area contributed by atoms with Gasteiger partial charge >= 0.3 is 0 Å². The maximum Gasteiger partial charge on any atom is 0.277 e. The molecular weight excluding hydrogens is 333 g/mol. The van der Waals surface area contributed by atoms with Crippen LogP contribution in [-0.4, -0.2) is 21.9 Å². The number of para-hydroxylation sites is 1. The summed E-state index contributed by atoms with van der Waals surface area (Å²) >= 11 is 13.2. The first-order valence-corrected chi connectivity index (χ1v) is 8.07. The molecular formula is C13H11Cl2N3O2S. The first kappa shape index (κ1) is 14.7. The van der Waals surface area contributed by atoms with Crippen LogP contribution < -0.4 is 5.32 Å². The predicted molar refractivity (Wildman–Crippen MR) is 82.1 cm³/mol. The molecule has 1 N–H and O–H groups in total. The number of rotatable bonds is 5. The maximum absolute atomic E-state index is 11.9. The first-order chi connectivity index (χ1) is 10.1. The summed E-state index contributed by atoms with van der Waals surface area (Å²) in [6.45, 7) is 0. The Kier molecular flexibility index (Phi) is 4.37. The highest BCUT2D eigenvalue weighted by Gasteiger charge is 2.29. The molecule has 1 aromatic heterocycles. The number of thioether (sulfide) groups is 1. The van der Waals surface area contributed by atoms with Crippen LogP contribution in [0.5, 0.6) is 0 Å². The average molecular weight is 344 g/mol. The van der Waals surface area contributed by atoms with E-state index in [0.717, 1.165) is 12.8 Å². The van der Waals surface area contributed by atoms with E-state index in [1.165, 1.54) is 11.8 Å². The molecule has 110 valence electrons. The van der Waals surface area contributed by atoms with Gasteiger partial charge in [-0.15, -0.1) is 10.2 Å². The molecule has 0 bridgehead atoms. The highest BCUT2D eigenvalue weighted by atomic mass is 35.5. The molecule has 0 saturated heterocycles. The standard InChI is InChI=1S/C13H11Cl2N3O2S/c14-8-2-1-3-9(15)11(8)16-10(19)6-21-13-18-17-12(20-13)7-4-5-7/h1-3,7H,4-6H2,(H,16,19). The van der Waals surface area contributed by atoms with E-state index in [2.05, 4.69) is 15.5 Å². The van der Waals surface area contributed by atoms with Crippen LogP contribution >= 0.6 is 35.0 Å². The second kappa shape index (κ2) is 6.25. The minimum Gasteiger partial charge on any atom is -0.416 e. The van der Waals surface area contributed by atoms with E-state index in [9.17, 15) is 4.79 Å². The molecule has 0 atom stereocenters. The zero-order chi connectivity index (χ0) is 14.8. The van der Waals surface area contributed by atoms with E-state index in [1.54, 1.807) is 18.2 Å². The first-order valence-electron chi connectivity index (χ1n) is 6.33. The zero-order valence-corrected chi connectivity index (χ0v) is 13.1. The predicted octanol–water partition coefficient (Wildman–Crippen LogP) is 3.98. The van der Waals surface area contributed by atoms with Crippen LogP contribution in [0.2, 0.25) is 10.0 Å². The smallest absolute Gasteiger partial charge is 0.277 e. The molecule has 0 radical (unpaired) electrons. The monoisotopic (exact) mass is 343 g/mol. The summed E-state index contributed by atoms with van der Waals surface area (Å²) in [5.74, 6) is 0.976. The lowest BCUT2D eigenvalue weighted by Gasteiger charge is -2.07. The Morgan fingerprint density at radius 2 is 2.05 bits per heavy atom. The number of carbonyl (C=O) groups is 1. The van der Waals surface area contributed by atoms with Crippen molar-refractivity contribution in [2.24, 2.45) is 0 Å². The molecule has 0 spiro atoms. The summed E-state index contributed by atoms with van der Waals surface area (Å²) in [6.07, 6.45) is 2.19. The molecule has 1 heterocycles. The van der Waals surface area contributed by atoms with Crippen LogP contribution in [0.4, 0.5) is 5.69 Å². The van der Waals surface area contributed by atoms with Crippen LogP contribution in [0, 0.1) is 0 Å². The zero-order valence-electron chi connectivity index (χ0n) is 10.8. The normalized spacial score (nSPS) is 14.2. The fraction of sp³-hybridized carbons (Fsp3) is 0.308. The van der Waals surface area contributed by atoms with Gasteiger partial charge in [-0.3, -0.25) is 4.79 Å². The number of halogens is 2. The summed E-state index contributed by atoms with van der Waals surface area (Å²) < 4.78 is 5.46. The minimum absolute atomic E-state index is 0.147. The number of nitrogens with zero attached hydrogens (tertiary/aromatic N) is 2. The average Bonchev–Trinajstić information content (AvgIpc) is 3.20. The molecule has 0 aliphatic heterocycles. The lowest BCUT2D eigenvalue weighted by Crippen LogP contribution is -2.14. The molecule has 21 heavy (non-hydrogen) atoms. The Bertz CT molecular complexity index is 653. The number of benzene rings is 1. The Labute approximate surface area is 135 Å². The van der Waals surface area contributed by atoms with Crippen molar-refractivity contribution in [2.75, 3.05) is 11.1 Å². The van der Waals surface area contributed by atoms with E-state index >= 15 is 0 Å². The van der Waals surface area contributed by atoms with Gasteiger partial charge in [0.15, 0.2) is 0 Å². The molecule has 5 nitrogen and oxygen atoms in total. The van der Waals surface area contributed by atoms with Gasteiger partial charge in [0.1, 0.15) is 0 Å². The lowest BCUT2D eigenvalue weighted by atomic mass is 10.3. The van der Waals surface area contributed by atoms with Gasteiger partial charge < -0.3 is 9.73 Å². The quantitative estimate of drug-likeness (QED) is 0.831. The van der Waals surface area contributed by atoms with Crippen LogP contribution in [0.25, 0.3) is 0 Å². The van der Waals surface area contributed by atoms with Crippen LogP contribution in [0.1, 0.15) is 24.7 Å². The summed E-state index contributed by atoms with van der Waals surface area (Å²) in [7, 11) is 0. The van der Waals surface area contributed by atoms with Gasteiger partial charge in [-0.1, -0.05) is 41.0 Å². The second-order valence-electron chi connectivity index (χ2n) is 4.61. The number of amides is 1. The Morgan fingerprint density at radius 3 is 2.71 bits per heavy atom. The Balaban J connectivity index is 1.56. The third kappa shape index (κ3) is 3.70. The molecule has 0 unspecified atom stereocenters. The molecule has 1 saturated carbocycles. The van der Waals surface area contributed by atoms with Crippen LogP contribution in [0.3, 0.4) is 0 Å². The van der Waals surface area contributed by atoms with E-state index in [4.69, 9.17) is 27.6 Å². The summed E-state index contributed by atoms with van der Waals surface area (Å²) in [5, 5.41) is 11.7. The van der Waals surface area contributed by atoms with Crippen molar-refractivity contribution in [3.8, 4) is 0 Å². The van der Waals surface area contributed by atoms with Gasteiger partial charge in [-0.25, -0.2) is 0 Å². The van der Waals surface area contributed by atoms with E-state index in [1.807, 2.05) is 0 Å². The van der Waals surface area contributed by atoms with Crippen LogP contribution in [0.15, 0.2) is 27.8 Å². The topological polar surface area (TPSA) is 68.0 Å². The highest BCUT2D eigenvalue weighted by molar-refractivity contribution is 7.99. The number of hydrogen-bond acceptors (Lipinski definition) is 5. The van der Waals surface area contributed by atoms with Crippen molar-refractivity contribution >= 4 is 46.6 Å². The van der Waals surface area contributed by atoms with Gasteiger partial charge in [0.05, 0.1) is 21.5 Å². The van der Waals surface area contributed by atoms with Gasteiger partial charge in [0.2, 0.25) is 11.8 Å². The maximum atomic E-state index is 11.9. The number of nitrogens with one attached hydrogen (secondary N) is 1. The van der Waals surface area contributed by atoms with Gasteiger partial charge in [0, 0.05) is 5.92 Å². The third-order valence-corrected chi connectivity index (χ3v) is 4.35. The summed E-state index contributed by atoms with van der Waals surface area (Å²) in [6, 6.07) is 5.04. The van der Waals surface area contributed by atoms with E-state index in [0.29, 0.717) is 32.8 Å². The molecule has 1 fully saturated rings. The second-order valence-corrected chi connectivity index (χ2v) is 6.35. The van der Waals surface area contributed by atoms with Crippen molar-refractivity contribution in [2.45, 2.75) is 24.0 Å². The molecule has 1 aliphatic carbocycles. The van der Waals surface area contributed by atoms with Crippen LogP contribution in [-0.2, 0) is 4.79 Å². The van der Waals surface area contributed by atoms with Gasteiger partial charge in [-0.2, -0.15) is 0 Å². The molecule has 1 aromatic carbocycles. The van der Waals surface area contributed by atoms with Crippen molar-refractivity contribution in [3.63, 3.8) is 0 Å². The SMILES string of the molecule is O=C(CSc1nnc(C2CC2)o1)Nc1c(Cl)cccc1Cl. The molecule has 2 aromatic rings.